The van der Waals surface area contributed by atoms with Crippen molar-refractivity contribution in [3.05, 3.63) is 6.92 Å². The summed E-state index contributed by atoms with van der Waals surface area (Å²) in [5.74, 6) is 1.02. The first kappa shape index (κ1) is 9.05. The van der Waals surface area contributed by atoms with Crippen LogP contribution in [0.1, 0.15) is 38.5 Å². The first-order valence-electron chi connectivity index (χ1n) is 4.80. The maximum atomic E-state index is 5.46. The van der Waals surface area contributed by atoms with Gasteiger partial charge in [-0.15, -0.1) is 0 Å². The van der Waals surface area contributed by atoms with Crippen molar-refractivity contribution >= 4 is 0 Å². The normalized spacial score (nSPS) is 17.2. The summed E-state index contributed by atoms with van der Waals surface area (Å²) >= 11 is 0. The van der Waals surface area contributed by atoms with Crippen LogP contribution >= 0.6 is 0 Å². The topological polar surface area (TPSA) is 9.23 Å². The molecule has 0 aromatic rings. The zero-order valence-corrected chi connectivity index (χ0v) is 7.35. The lowest BCUT2D eigenvalue weighted by Gasteiger charge is -2.01. The zero-order valence-electron chi connectivity index (χ0n) is 7.35. The van der Waals surface area contributed by atoms with E-state index in [-0.39, 0.29) is 0 Å². The first-order chi connectivity index (χ1) is 5.43. The average molecular weight is 155 g/mol. The molecule has 11 heavy (non-hydrogen) atoms. The van der Waals surface area contributed by atoms with Crippen LogP contribution in [0.15, 0.2) is 0 Å². The first-order valence-corrected chi connectivity index (χ1v) is 4.80. The molecule has 1 fully saturated rings. The third-order valence-corrected chi connectivity index (χ3v) is 2.16. The van der Waals surface area contributed by atoms with E-state index in [0.717, 1.165) is 25.6 Å². The summed E-state index contributed by atoms with van der Waals surface area (Å²) < 4.78 is 5.46. The minimum absolute atomic E-state index is 0.947. The molecular formula is C10H19O. The van der Waals surface area contributed by atoms with Crippen molar-refractivity contribution in [1.29, 1.82) is 0 Å². The van der Waals surface area contributed by atoms with Gasteiger partial charge in [-0.3, -0.25) is 0 Å². The molecule has 1 rings (SSSR count). The van der Waals surface area contributed by atoms with Crippen molar-refractivity contribution in [2.75, 3.05) is 13.2 Å². The van der Waals surface area contributed by atoms with Crippen molar-refractivity contribution < 1.29 is 4.74 Å². The molecule has 1 aliphatic rings. The van der Waals surface area contributed by atoms with E-state index >= 15 is 0 Å². The fourth-order valence-electron chi connectivity index (χ4n) is 1.14. The Morgan fingerprint density at radius 1 is 1.18 bits per heavy atom. The summed E-state index contributed by atoms with van der Waals surface area (Å²) in [6, 6.07) is 0. The summed E-state index contributed by atoms with van der Waals surface area (Å²) in [5.41, 5.74) is 0. The Morgan fingerprint density at radius 3 is 2.64 bits per heavy atom. The molecule has 1 saturated carbocycles. The molecule has 0 spiro atoms. The third-order valence-electron chi connectivity index (χ3n) is 2.16. The van der Waals surface area contributed by atoms with Gasteiger partial charge in [-0.25, -0.2) is 0 Å². The molecule has 0 aliphatic heterocycles. The highest BCUT2D eigenvalue weighted by atomic mass is 16.5. The van der Waals surface area contributed by atoms with Crippen LogP contribution < -0.4 is 0 Å². The molecule has 0 amide bonds. The molecule has 0 heterocycles. The Hall–Kier alpha value is -0.0400. The molecule has 0 N–H and O–H groups in total. The van der Waals surface area contributed by atoms with Crippen LogP contribution in [0.25, 0.3) is 0 Å². The highest BCUT2D eigenvalue weighted by molar-refractivity contribution is 4.72. The lowest BCUT2D eigenvalue weighted by molar-refractivity contribution is 0.125. The predicted octanol–water partition coefficient (Wildman–Crippen LogP) is 2.81. The molecular weight excluding hydrogens is 136 g/mol. The molecule has 0 saturated heterocycles. The molecule has 0 aromatic heterocycles. The fourth-order valence-corrected chi connectivity index (χ4v) is 1.14. The quantitative estimate of drug-likeness (QED) is 0.514. The van der Waals surface area contributed by atoms with Crippen LogP contribution in [-0.4, -0.2) is 13.2 Å². The van der Waals surface area contributed by atoms with Gasteiger partial charge in [0, 0.05) is 13.2 Å². The molecule has 1 heteroatoms. The largest absolute Gasteiger partial charge is 0.381 e. The summed E-state index contributed by atoms with van der Waals surface area (Å²) in [4.78, 5) is 0. The Kier molecular flexibility index (Phi) is 4.60. The third kappa shape index (κ3) is 5.25. The van der Waals surface area contributed by atoms with Gasteiger partial charge in [-0.05, 0) is 18.8 Å². The molecule has 0 bridgehead atoms. The smallest absolute Gasteiger partial charge is 0.0468 e. The van der Waals surface area contributed by atoms with Crippen LogP contribution in [0.4, 0.5) is 0 Å². The minimum Gasteiger partial charge on any atom is -0.381 e. The second-order valence-electron chi connectivity index (χ2n) is 3.41. The highest BCUT2D eigenvalue weighted by Gasteiger charge is 2.20. The van der Waals surface area contributed by atoms with Crippen molar-refractivity contribution in [2.45, 2.75) is 38.5 Å². The van der Waals surface area contributed by atoms with Gasteiger partial charge in [0.05, 0.1) is 0 Å². The van der Waals surface area contributed by atoms with Crippen LogP contribution in [0.2, 0.25) is 0 Å². The van der Waals surface area contributed by atoms with E-state index in [2.05, 4.69) is 6.92 Å². The SMILES string of the molecule is [CH2]CCCCOCCC1CC1. The van der Waals surface area contributed by atoms with E-state index in [1.165, 1.54) is 32.1 Å². The van der Waals surface area contributed by atoms with Gasteiger partial charge in [-0.1, -0.05) is 32.6 Å². The van der Waals surface area contributed by atoms with E-state index in [0.29, 0.717) is 0 Å². The predicted molar refractivity (Wildman–Crippen MR) is 47.4 cm³/mol. The summed E-state index contributed by atoms with van der Waals surface area (Å²) in [6.07, 6.45) is 7.64. The summed E-state index contributed by atoms with van der Waals surface area (Å²) in [5, 5.41) is 0. The highest BCUT2D eigenvalue weighted by Crippen LogP contribution is 2.32. The lowest BCUT2D eigenvalue weighted by atomic mass is 10.3. The molecule has 0 aromatic carbocycles. The minimum atomic E-state index is 0.947. The standard InChI is InChI=1S/C10H19O/c1-2-3-4-8-11-9-7-10-5-6-10/h10H,1-9H2. The van der Waals surface area contributed by atoms with Crippen LogP contribution in [0.3, 0.4) is 0 Å². The fraction of sp³-hybridized carbons (Fsp3) is 0.900. The van der Waals surface area contributed by atoms with Gasteiger partial charge in [0.2, 0.25) is 0 Å². The maximum Gasteiger partial charge on any atom is 0.0468 e. The maximum absolute atomic E-state index is 5.46. The van der Waals surface area contributed by atoms with Crippen molar-refractivity contribution in [3.63, 3.8) is 0 Å². The number of unbranched alkanes of at least 4 members (excludes halogenated alkanes) is 2. The van der Waals surface area contributed by atoms with Crippen molar-refractivity contribution in [1.82, 2.24) is 0 Å². The second-order valence-corrected chi connectivity index (χ2v) is 3.41. The van der Waals surface area contributed by atoms with Gasteiger partial charge in [0.15, 0.2) is 0 Å². The molecule has 1 aliphatic carbocycles. The zero-order chi connectivity index (χ0) is 7.94. The second kappa shape index (κ2) is 5.59. The van der Waals surface area contributed by atoms with E-state index in [1.54, 1.807) is 0 Å². The Bertz CT molecular complexity index is 86.9. The number of rotatable bonds is 7. The van der Waals surface area contributed by atoms with E-state index in [4.69, 9.17) is 4.74 Å². The molecule has 1 radical (unpaired) electrons. The number of ether oxygens (including phenoxy) is 1. The summed E-state index contributed by atoms with van der Waals surface area (Å²) in [7, 11) is 0. The van der Waals surface area contributed by atoms with Crippen LogP contribution in [0, 0.1) is 12.8 Å². The number of hydrogen-bond acceptors (Lipinski definition) is 1. The monoisotopic (exact) mass is 155 g/mol. The van der Waals surface area contributed by atoms with Crippen LogP contribution in [-0.2, 0) is 4.74 Å². The number of hydrogen-bond donors (Lipinski definition) is 0. The van der Waals surface area contributed by atoms with Gasteiger partial charge in [-0.2, -0.15) is 0 Å². The van der Waals surface area contributed by atoms with Gasteiger partial charge >= 0.3 is 0 Å². The molecule has 65 valence electrons. The molecule has 1 nitrogen and oxygen atoms in total. The van der Waals surface area contributed by atoms with Gasteiger partial charge in [0.1, 0.15) is 0 Å². The van der Waals surface area contributed by atoms with E-state index < -0.39 is 0 Å². The van der Waals surface area contributed by atoms with Gasteiger partial charge in [0.25, 0.3) is 0 Å². The Labute approximate surface area is 70.1 Å². The van der Waals surface area contributed by atoms with Gasteiger partial charge < -0.3 is 4.74 Å². The molecule has 0 unspecified atom stereocenters. The van der Waals surface area contributed by atoms with E-state index in [9.17, 15) is 0 Å². The average Bonchev–Trinajstić information content (AvgIpc) is 2.80. The van der Waals surface area contributed by atoms with Crippen LogP contribution in [0.5, 0.6) is 0 Å². The molecule has 0 atom stereocenters. The van der Waals surface area contributed by atoms with Crippen molar-refractivity contribution in [2.24, 2.45) is 5.92 Å². The summed E-state index contributed by atoms with van der Waals surface area (Å²) in [6.45, 7) is 5.72. The lowest BCUT2D eigenvalue weighted by Crippen LogP contribution is -1.97. The van der Waals surface area contributed by atoms with Crippen molar-refractivity contribution in [3.8, 4) is 0 Å². The Balaban J connectivity index is 1.66. The Morgan fingerprint density at radius 2 is 2.00 bits per heavy atom. The van der Waals surface area contributed by atoms with E-state index in [1.807, 2.05) is 0 Å².